The first-order chi connectivity index (χ1) is 13.3. The van der Waals surface area contributed by atoms with Gasteiger partial charge in [0.15, 0.2) is 0 Å². The number of rotatable bonds is 5. The minimum atomic E-state index is -0.362. The summed E-state index contributed by atoms with van der Waals surface area (Å²) in [5, 5.41) is 11.1. The summed E-state index contributed by atoms with van der Waals surface area (Å²) in [5.41, 5.74) is 2.41. The number of carbonyl (C=O) groups is 2. The average molecular weight is 400 g/mol. The molecule has 0 aliphatic carbocycles. The van der Waals surface area contributed by atoms with Crippen molar-refractivity contribution >= 4 is 34.4 Å². The Labute approximate surface area is 168 Å². The van der Waals surface area contributed by atoms with E-state index in [1.807, 2.05) is 13.8 Å². The van der Waals surface area contributed by atoms with Gasteiger partial charge in [0, 0.05) is 21.7 Å². The predicted molar refractivity (Wildman–Crippen MR) is 109 cm³/mol. The highest BCUT2D eigenvalue weighted by Gasteiger charge is 2.22. The summed E-state index contributed by atoms with van der Waals surface area (Å²) in [6.45, 7) is 5.57. The second-order valence-corrected chi connectivity index (χ2v) is 7.23. The van der Waals surface area contributed by atoms with Gasteiger partial charge in [-0.3, -0.25) is 14.2 Å². The molecule has 1 heterocycles. The Hall–Kier alpha value is -2.79. The molecule has 3 aromatic rings. The number of fused-ring (bicyclic) bond motifs is 1. The van der Waals surface area contributed by atoms with Crippen LogP contribution in [0, 0.1) is 6.92 Å². The molecule has 0 saturated heterocycles. The number of nitrogens with zero attached hydrogens (tertiary/aromatic N) is 1. The highest BCUT2D eigenvalue weighted by atomic mass is 35.5. The van der Waals surface area contributed by atoms with Crippen molar-refractivity contribution in [2.24, 2.45) is 0 Å². The van der Waals surface area contributed by atoms with Crippen LogP contribution in [0.25, 0.3) is 10.9 Å². The van der Waals surface area contributed by atoms with Gasteiger partial charge in [-0.25, -0.2) is 0 Å². The van der Waals surface area contributed by atoms with Gasteiger partial charge < -0.3 is 9.84 Å². The number of ether oxygens (including phenoxy) is 1. The average Bonchev–Trinajstić information content (AvgIpc) is 2.93. The molecule has 3 rings (SSSR count). The van der Waals surface area contributed by atoms with Crippen molar-refractivity contribution in [3.63, 3.8) is 0 Å². The van der Waals surface area contributed by atoms with Crippen molar-refractivity contribution in [2.75, 3.05) is 0 Å². The quantitative estimate of drug-likeness (QED) is 0.621. The molecule has 1 aromatic heterocycles. The van der Waals surface area contributed by atoms with E-state index in [2.05, 4.69) is 0 Å². The molecule has 0 unspecified atom stereocenters. The Kier molecular flexibility index (Phi) is 5.75. The third kappa shape index (κ3) is 3.90. The Morgan fingerprint density at radius 3 is 2.50 bits per heavy atom. The van der Waals surface area contributed by atoms with Gasteiger partial charge in [-0.1, -0.05) is 18.5 Å². The van der Waals surface area contributed by atoms with Crippen LogP contribution in [0.15, 0.2) is 42.5 Å². The van der Waals surface area contributed by atoms with E-state index in [9.17, 15) is 14.7 Å². The number of esters is 1. The lowest BCUT2D eigenvalue weighted by Gasteiger charge is -2.11. The minimum absolute atomic E-state index is 0.0248. The van der Waals surface area contributed by atoms with Crippen LogP contribution in [-0.4, -0.2) is 27.7 Å². The van der Waals surface area contributed by atoms with Crippen molar-refractivity contribution in [3.05, 3.63) is 64.3 Å². The molecule has 0 spiro atoms. The van der Waals surface area contributed by atoms with Gasteiger partial charge >= 0.3 is 5.97 Å². The van der Waals surface area contributed by atoms with Gasteiger partial charge in [-0.2, -0.15) is 0 Å². The molecule has 0 bridgehead atoms. The topological polar surface area (TPSA) is 68.5 Å². The number of aromatic hydroxyl groups is 1. The molecule has 146 valence electrons. The van der Waals surface area contributed by atoms with Crippen LogP contribution in [0.3, 0.4) is 0 Å². The zero-order valence-corrected chi connectivity index (χ0v) is 16.8. The lowest BCUT2D eigenvalue weighted by molar-refractivity contribution is -0.147. The predicted octanol–water partition coefficient (Wildman–Crippen LogP) is 4.88. The highest BCUT2D eigenvalue weighted by Crippen LogP contribution is 2.30. The van der Waals surface area contributed by atoms with Crippen molar-refractivity contribution in [2.45, 2.75) is 39.7 Å². The summed E-state index contributed by atoms with van der Waals surface area (Å²) < 4.78 is 6.95. The van der Waals surface area contributed by atoms with Gasteiger partial charge in [-0.05, 0) is 68.3 Å². The molecule has 6 heteroatoms. The van der Waals surface area contributed by atoms with Crippen LogP contribution in [0.1, 0.15) is 41.9 Å². The SMILES string of the molecule is CC[C@H](C)OC(=O)Cc1c(C)n(C(=O)c2ccc(Cl)cc2)c2ccc(O)cc12. The fourth-order valence-electron chi connectivity index (χ4n) is 3.17. The lowest BCUT2D eigenvalue weighted by atomic mass is 10.1. The zero-order valence-electron chi connectivity index (χ0n) is 16.0. The largest absolute Gasteiger partial charge is 0.508 e. The number of phenols is 1. The highest BCUT2D eigenvalue weighted by molar-refractivity contribution is 6.30. The second-order valence-electron chi connectivity index (χ2n) is 6.80. The first-order valence-corrected chi connectivity index (χ1v) is 9.52. The molecular formula is C22H22ClNO4. The standard InChI is InChI=1S/C22H22ClNO4/c1-4-13(2)28-21(26)12-18-14(3)24(20-10-9-17(25)11-19(18)20)22(27)15-5-7-16(23)8-6-15/h5-11,13,25H,4,12H2,1-3H3/t13-/m0/s1. The fraction of sp³-hybridized carbons (Fsp3) is 0.273. The van der Waals surface area contributed by atoms with Crippen molar-refractivity contribution < 1.29 is 19.4 Å². The summed E-state index contributed by atoms with van der Waals surface area (Å²) in [5.74, 6) is -0.523. The van der Waals surface area contributed by atoms with Gasteiger partial charge in [0.25, 0.3) is 5.91 Å². The van der Waals surface area contributed by atoms with Crippen LogP contribution in [0.5, 0.6) is 5.75 Å². The minimum Gasteiger partial charge on any atom is -0.508 e. The monoisotopic (exact) mass is 399 g/mol. The van der Waals surface area contributed by atoms with E-state index in [0.717, 1.165) is 6.42 Å². The van der Waals surface area contributed by atoms with Crippen LogP contribution < -0.4 is 0 Å². The number of benzene rings is 2. The van der Waals surface area contributed by atoms with E-state index >= 15 is 0 Å². The summed E-state index contributed by atoms with van der Waals surface area (Å²) in [7, 11) is 0. The summed E-state index contributed by atoms with van der Waals surface area (Å²) in [6.07, 6.45) is 0.574. The molecule has 0 radical (unpaired) electrons. The maximum Gasteiger partial charge on any atom is 0.310 e. The van der Waals surface area contributed by atoms with E-state index < -0.39 is 0 Å². The number of phenolic OH excluding ortho intramolecular Hbond substituents is 1. The molecule has 2 aromatic carbocycles. The number of aromatic nitrogens is 1. The van der Waals surface area contributed by atoms with E-state index in [-0.39, 0.29) is 30.2 Å². The van der Waals surface area contributed by atoms with Crippen LogP contribution in [0.4, 0.5) is 0 Å². The molecule has 0 amide bonds. The molecule has 28 heavy (non-hydrogen) atoms. The first-order valence-electron chi connectivity index (χ1n) is 9.14. The second kappa shape index (κ2) is 8.07. The van der Waals surface area contributed by atoms with Crippen LogP contribution in [0.2, 0.25) is 5.02 Å². The van der Waals surface area contributed by atoms with Crippen molar-refractivity contribution in [1.29, 1.82) is 0 Å². The molecule has 0 aliphatic heterocycles. The zero-order chi connectivity index (χ0) is 20.4. The Balaban J connectivity index is 2.08. The molecule has 1 atom stereocenters. The van der Waals surface area contributed by atoms with Gasteiger partial charge in [0.1, 0.15) is 5.75 Å². The summed E-state index contributed by atoms with van der Waals surface area (Å²) >= 11 is 5.92. The van der Waals surface area contributed by atoms with E-state index in [1.54, 1.807) is 47.9 Å². The van der Waals surface area contributed by atoms with E-state index in [0.29, 0.717) is 32.7 Å². The van der Waals surface area contributed by atoms with Crippen molar-refractivity contribution in [3.8, 4) is 5.75 Å². The van der Waals surface area contributed by atoms with Gasteiger partial charge in [0.2, 0.25) is 0 Å². The normalized spacial score (nSPS) is 12.1. The summed E-state index contributed by atoms with van der Waals surface area (Å²) in [4.78, 5) is 25.5. The number of hydrogen-bond acceptors (Lipinski definition) is 4. The van der Waals surface area contributed by atoms with E-state index in [1.165, 1.54) is 6.07 Å². The fourth-order valence-corrected chi connectivity index (χ4v) is 3.30. The molecular weight excluding hydrogens is 378 g/mol. The van der Waals surface area contributed by atoms with Gasteiger partial charge in [-0.15, -0.1) is 0 Å². The third-order valence-corrected chi connectivity index (χ3v) is 5.09. The smallest absolute Gasteiger partial charge is 0.310 e. The Bertz CT molecular complexity index is 1040. The van der Waals surface area contributed by atoms with Crippen LogP contribution in [-0.2, 0) is 16.0 Å². The number of hydrogen-bond donors (Lipinski definition) is 1. The number of carbonyl (C=O) groups excluding carboxylic acids is 2. The van der Waals surface area contributed by atoms with Crippen molar-refractivity contribution in [1.82, 2.24) is 4.57 Å². The molecule has 0 aliphatic rings. The van der Waals surface area contributed by atoms with Crippen LogP contribution >= 0.6 is 11.6 Å². The molecule has 1 N–H and O–H groups in total. The third-order valence-electron chi connectivity index (χ3n) is 4.84. The summed E-state index contributed by atoms with van der Waals surface area (Å²) in [6, 6.07) is 11.4. The maximum atomic E-state index is 13.1. The molecule has 0 saturated carbocycles. The Morgan fingerprint density at radius 1 is 1.18 bits per heavy atom. The molecule has 5 nitrogen and oxygen atoms in total. The first kappa shape index (κ1) is 20.0. The lowest BCUT2D eigenvalue weighted by Crippen LogP contribution is -2.17. The Morgan fingerprint density at radius 2 is 1.86 bits per heavy atom. The maximum absolute atomic E-state index is 13.1. The number of halogens is 1. The van der Waals surface area contributed by atoms with Gasteiger partial charge in [0.05, 0.1) is 18.0 Å². The van der Waals surface area contributed by atoms with E-state index in [4.69, 9.17) is 16.3 Å². The molecule has 0 fully saturated rings.